The average molecular weight is 174 g/mol. The van der Waals surface area contributed by atoms with Crippen molar-refractivity contribution in [1.82, 2.24) is 15.2 Å². The normalized spacial score (nSPS) is 10.2. The summed E-state index contributed by atoms with van der Waals surface area (Å²) >= 11 is 0. The Balaban J connectivity index is 2.33. The summed E-state index contributed by atoms with van der Waals surface area (Å²) in [6, 6.07) is 5.75. The number of hydrogen-bond donors (Lipinski definition) is 2. The SMILES string of the molecule is NCc1ccc(-c2cc[nH]c2)nn1. The van der Waals surface area contributed by atoms with Gasteiger partial charge in [-0.15, -0.1) is 0 Å². The fourth-order valence-corrected chi connectivity index (χ4v) is 1.11. The largest absolute Gasteiger partial charge is 0.367 e. The number of aromatic amines is 1. The average Bonchev–Trinajstić information content (AvgIpc) is 2.71. The summed E-state index contributed by atoms with van der Waals surface area (Å²) in [5, 5.41) is 8.01. The molecule has 3 N–H and O–H groups in total. The Morgan fingerprint density at radius 3 is 2.69 bits per heavy atom. The Morgan fingerprint density at radius 2 is 2.15 bits per heavy atom. The molecule has 0 radical (unpaired) electrons. The van der Waals surface area contributed by atoms with Gasteiger partial charge in [0.25, 0.3) is 0 Å². The van der Waals surface area contributed by atoms with E-state index in [1.807, 2.05) is 30.6 Å². The molecule has 0 saturated heterocycles. The molecule has 0 amide bonds. The zero-order chi connectivity index (χ0) is 9.10. The molecule has 0 saturated carbocycles. The highest BCUT2D eigenvalue weighted by atomic mass is 15.1. The van der Waals surface area contributed by atoms with Crippen molar-refractivity contribution in [2.75, 3.05) is 0 Å². The number of nitrogens with two attached hydrogens (primary N) is 1. The fraction of sp³-hybridized carbons (Fsp3) is 0.111. The minimum Gasteiger partial charge on any atom is -0.367 e. The van der Waals surface area contributed by atoms with Gasteiger partial charge in [0, 0.05) is 24.5 Å². The second-order valence-corrected chi connectivity index (χ2v) is 2.71. The molecule has 0 aromatic carbocycles. The number of nitrogens with one attached hydrogen (secondary N) is 1. The van der Waals surface area contributed by atoms with E-state index in [1.54, 1.807) is 0 Å². The molecule has 2 rings (SSSR count). The summed E-state index contributed by atoms with van der Waals surface area (Å²) < 4.78 is 0. The molecule has 0 fully saturated rings. The summed E-state index contributed by atoms with van der Waals surface area (Å²) in [5.41, 5.74) is 8.11. The van der Waals surface area contributed by atoms with E-state index in [9.17, 15) is 0 Å². The molecule has 2 heterocycles. The Morgan fingerprint density at radius 1 is 1.23 bits per heavy atom. The standard InChI is InChI=1S/C9H10N4/c10-5-8-1-2-9(13-12-8)7-3-4-11-6-7/h1-4,6,11H,5,10H2. The van der Waals surface area contributed by atoms with Gasteiger partial charge < -0.3 is 10.7 Å². The van der Waals surface area contributed by atoms with Crippen LogP contribution in [0.2, 0.25) is 0 Å². The van der Waals surface area contributed by atoms with Gasteiger partial charge in [-0.05, 0) is 18.2 Å². The van der Waals surface area contributed by atoms with Gasteiger partial charge in [-0.3, -0.25) is 0 Å². The quantitative estimate of drug-likeness (QED) is 0.711. The van der Waals surface area contributed by atoms with Crippen molar-refractivity contribution >= 4 is 0 Å². The predicted molar refractivity (Wildman–Crippen MR) is 49.7 cm³/mol. The van der Waals surface area contributed by atoms with Crippen molar-refractivity contribution in [2.45, 2.75) is 6.54 Å². The van der Waals surface area contributed by atoms with Crippen LogP contribution in [-0.2, 0) is 6.54 Å². The number of nitrogens with zero attached hydrogens (tertiary/aromatic N) is 2. The van der Waals surface area contributed by atoms with Crippen LogP contribution in [0.3, 0.4) is 0 Å². The highest BCUT2D eigenvalue weighted by molar-refractivity contribution is 5.56. The number of hydrogen-bond acceptors (Lipinski definition) is 3. The van der Waals surface area contributed by atoms with E-state index in [-0.39, 0.29) is 0 Å². The lowest BCUT2D eigenvalue weighted by Crippen LogP contribution is -2.00. The summed E-state index contributed by atoms with van der Waals surface area (Å²) in [6.45, 7) is 0.431. The monoisotopic (exact) mass is 174 g/mol. The molecule has 0 aliphatic carbocycles. The van der Waals surface area contributed by atoms with Gasteiger partial charge in [0.15, 0.2) is 0 Å². The second-order valence-electron chi connectivity index (χ2n) is 2.71. The minimum absolute atomic E-state index is 0.431. The van der Waals surface area contributed by atoms with Crippen LogP contribution in [0.4, 0.5) is 0 Å². The van der Waals surface area contributed by atoms with Crippen LogP contribution in [0.25, 0.3) is 11.3 Å². The van der Waals surface area contributed by atoms with E-state index < -0.39 is 0 Å². The molecule has 0 aliphatic rings. The second kappa shape index (κ2) is 3.37. The first-order valence-electron chi connectivity index (χ1n) is 4.06. The Kier molecular flexibility index (Phi) is 2.06. The molecule has 4 nitrogen and oxygen atoms in total. The van der Waals surface area contributed by atoms with Gasteiger partial charge in [0.2, 0.25) is 0 Å². The molecule has 0 spiro atoms. The topological polar surface area (TPSA) is 67.6 Å². The Bertz CT molecular complexity index is 363. The fourth-order valence-electron chi connectivity index (χ4n) is 1.11. The van der Waals surface area contributed by atoms with Crippen LogP contribution in [0.15, 0.2) is 30.6 Å². The molecule has 0 bridgehead atoms. The maximum absolute atomic E-state index is 5.41. The molecule has 2 aromatic rings. The third-order valence-corrected chi connectivity index (χ3v) is 1.82. The maximum atomic E-state index is 5.41. The first-order valence-corrected chi connectivity index (χ1v) is 4.06. The van der Waals surface area contributed by atoms with E-state index in [0.717, 1.165) is 17.0 Å². The zero-order valence-corrected chi connectivity index (χ0v) is 7.07. The molecule has 13 heavy (non-hydrogen) atoms. The Labute approximate surface area is 75.8 Å². The van der Waals surface area contributed by atoms with Gasteiger partial charge >= 0.3 is 0 Å². The summed E-state index contributed by atoms with van der Waals surface area (Å²) in [4.78, 5) is 2.96. The highest BCUT2D eigenvalue weighted by Crippen LogP contribution is 2.13. The van der Waals surface area contributed by atoms with Crippen LogP contribution >= 0.6 is 0 Å². The van der Waals surface area contributed by atoms with Crippen molar-refractivity contribution in [3.05, 3.63) is 36.3 Å². The van der Waals surface area contributed by atoms with E-state index in [4.69, 9.17) is 5.73 Å². The molecule has 0 aliphatic heterocycles. The lowest BCUT2D eigenvalue weighted by atomic mass is 10.2. The van der Waals surface area contributed by atoms with Crippen molar-refractivity contribution < 1.29 is 0 Å². The van der Waals surface area contributed by atoms with Crippen molar-refractivity contribution in [2.24, 2.45) is 5.73 Å². The lowest BCUT2D eigenvalue weighted by Gasteiger charge is -1.96. The predicted octanol–water partition coefficient (Wildman–Crippen LogP) is 0.930. The third kappa shape index (κ3) is 1.57. The van der Waals surface area contributed by atoms with Gasteiger partial charge in [0.05, 0.1) is 11.4 Å². The third-order valence-electron chi connectivity index (χ3n) is 1.82. The van der Waals surface area contributed by atoms with Crippen LogP contribution in [0.1, 0.15) is 5.69 Å². The molecule has 0 unspecified atom stereocenters. The number of aromatic nitrogens is 3. The molecular weight excluding hydrogens is 164 g/mol. The van der Waals surface area contributed by atoms with Crippen molar-refractivity contribution in [3.63, 3.8) is 0 Å². The van der Waals surface area contributed by atoms with E-state index >= 15 is 0 Å². The van der Waals surface area contributed by atoms with E-state index in [1.165, 1.54) is 0 Å². The van der Waals surface area contributed by atoms with Crippen molar-refractivity contribution in [3.8, 4) is 11.3 Å². The van der Waals surface area contributed by atoms with Gasteiger partial charge in [-0.25, -0.2) is 0 Å². The number of rotatable bonds is 2. The Hall–Kier alpha value is -1.68. The number of H-pyrrole nitrogens is 1. The van der Waals surface area contributed by atoms with E-state index in [0.29, 0.717) is 6.54 Å². The van der Waals surface area contributed by atoms with Crippen LogP contribution < -0.4 is 5.73 Å². The van der Waals surface area contributed by atoms with Crippen LogP contribution in [0.5, 0.6) is 0 Å². The first-order chi connectivity index (χ1) is 6.40. The smallest absolute Gasteiger partial charge is 0.0945 e. The maximum Gasteiger partial charge on any atom is 0.0945 e. The molecule has 0 atom stereocenters. The summed E-state index contributed by atoms with van der Waals surface area (Å²) in [5.74, 6) is 0. The summed E-state index contributed by atoms with van der Waals surface area (Å²) in [6.07, 6.45) is 3.74. The van der Waals surface area contributed by atoms with Crippen molar-refractivity contribution in [1.29, 1.82) is 0 Å². The van der Waals surface area contributed by atoms with E-state index in [2.05, 4.69) is 15.2 Å². The highest BCUT2D eigenvalue weighted by Gasteiger charge is 1.99. The molecule has 66 valence electrons. The first kappa shape index (κ1) is 7.94. The molecular formula is C9H10N4. The van der Waals surface area contributed by atoms with Gasteiger partial charge in [0.1, 0.15) is 0 Å². The van der Waals surface area contributed by atoms with Gasteiger partial charge in [-0.1, -0.05) is 0 Å². The zero-order valence-electron chi connectivity index (χ0n) is 7.07. The molecule has 2 aromatic heterocycles. The van der Waals surface area contributed by atoms with Gasteiger partial charge in [-0.2, -0.15) is 10.2 Å². The molecule has 4 heteroatoms. The minimum atomic E-state index is 0.431. The van der Waals surface area contributed by atoms with Crippen LogP contribution in [-0.4, -0.2) is 15.2 Å². The summed E-state index contributed by atoms with van der Waals surface area (Å²) in [7, 11) is 0. The lowest BCUT2D eigenvalue weighted by molar-refractivity contribution is 0.902. The van der Waals surface area contributed by atoms with Crippen LogP contribution in [0, 0.1) is 0 Å².